The van der Waals surface area contributed by atoms with Gasteiger partial charge in [-0.15, -0.1) is 0 Å². The van der Waals surface area contributed by atoms with Crippen LogP contribution < -0.4 is 10.2 Å². The van der Waals surface area contributed by atoms with Crippen LogP contribution in [0, 0.1) is 25.2 Å². The van der Waals surface area contributed by atoms with E-state index in [-0.39, 0.29) is 5.57 Å². The van der Waals surface area contributed by atoms with E-state index in [2.05, 4.69) is 34.1 Å². The van der Waals surface area contributed by atoms with E-state index in [0.717, 1.165) is 28.3 Å². The van der Waals surface area contributed by atoms with Crippen LogP contribution in [0.1, 0.15) is 17.0 Å². The minimum Gasteiger partial charge on any atom is -0.378 e. The molecular formula is C24H23ClN4O. The maximum Gasteiger partial charge on any atom is 0.266 e. The number of hydrogen-bond acceptors (Lipinski definition) is 3. The number of amides is 1. The van der Waals surface area contributed by atoms with Gasteiger partial charge in [0.05, 0.1) is 0 Å². The highest BCUT2D eigenvalue weighted by Crippen LogP contribution is 2.25. The third kappa shape index (κ3) is 4.56. The molecule has 0 radical (unpaired) electrons. The van der Waals surface area contributed by atoms with E-state index >= 15 is 0 Å². The van der Waals surface area contributed by atoms with Crippen LogP contribution in [0.5, 0.6) is 0 Å². The van der Waals surface area contributed by atoms with Gasteiger partial charge in [-0.2, -0.15) is 5.26 Å². The van der Waals surface area contributed by atoms with Crippen molar-refractivity contribution in [1.29, 1.82) is 5.26 Å². The summed E-state index contributed by atoms with van der Waals surface area (Å²) in [4.78, 5) is 14.6. The summed E-state index contributed by atoms with van der Waals surface area (Å²) in [5.74, 6) is -0.458. The fourth-order valence-corrected chi connectivity index (χ4v) is 3.39. The van der Waals surface area contributed by atoms with E-state index < -0.39 is 5.91 Å². The van der Waals surface area contributed by atoms with Gasteiger partial charge in [-0.3, -0.25) is 4.79 Å². The van der Waals surface area contributed by atoms with Crippen LogP contribution in [-0.2, 0) is 4.79 Å². The van der Waals surface area contributed by atoms with Gasteiger partial charge in [-0.1, -0.05) is 11.6 Å². The lowest BCUT2D eigenvalue weighted by molar-refractivity contribution is -0.112. The topological polar surface area (TPSA) is 61.1 Å². The zero-order valence-electron chi connectivity index (χ0n) is 17.4. The summed E-state index contributed by atoms with van der Waals surface area (Å²) in [6.45, 7) is 3.98. The third-order valence-electron chi connectivity index (χ3n) is 4.86. The average molecular weight is 419 g/mol. The maximum atomic E-state index is 12.6. The Kier molecular flexibility index (Phi) is 6.29. The van der Waals surface area contributed by atoms with Crippen LogP contribution in [0.25, 0.3) is 11.8 Å². The smallest absolute Gasteiger partial charge is 0.266 e. The summed E-state index contributed by atoms with van der Waals surface area (Å²) in [7, 11) is 4.01. The number of anilines is 2. The van der Waals surface area contributed by atoms with Crippen molar-refractivity contribution >= 4 is 35.0 Å². The average Bonchev–Trinajstić information content (AvgIpc) is 3.00. The number of carbonyl (C=O) groups is 1. The Balaban J connectivity index is 1.90. The molecule has 0 saturated carbocycles. The summed E-state index contributed by atoms with van der Waals surface area (Å²) < 4.78 is 2.11. The molecule has 0 unspecified atom stereocenters. The molecule has 0 aliphatic heterocycles. The molecule has 2 aromatic carbocycles. The zero-order chi connectivity index (χ0) is 21.8. The van der Waals surface area contributed by atoms with Gasteiger partial charge in [0.15, 0.2) is 0 Å². The van der Waals surface area contributed by atoms with E-state index in [1.807, 2.05) is 45.0 Å². The molecule has 5 nitrogen and oxygen atoms in total. The standard InChI is InChI=1S/C24H23ClN4O/c1-16-13-18(17(2)29(16)23-11-9-22(10-12-23)28(3)4)14-19(15-26)24(30)27-21-7-5-20(25)6-8-21/h5-14H,1-4H3,(H,27,30). The second-order valence-electron chi connectivity index (χ2n) is 7.20. The Morgan fingerprint density at radius 3 is 2.30 bits per heavy atom. The van der Waals surface area contributed by atoms with E-state index in [9.17, 15) is 10.1 Å². The Morgan fingerprint density at radius 2 is 1.73 bits per heavy atom. The monoisotopic (exact) mass is 418 g/mol. The molecule has 0 spiro atoms. The van der Waals surface area contributed by atoms with Crippen molar-refractivity contribution in [3.8, 4) is 11.8 Å². The highest BCUT2D eigenvalue weighted by atomic mass is 35.5. The first-order chi connectivity index (χ1) is 14.3. The fourth-order valence-electron chi connectivity index (χ4n) is 3.27. The van der Waals surface area contributed by atoms with E-state index in [1.54, 1.807) is 30.3 Å². The number of aryl methyl sites for hydroxylation is 1. The molecule has 0 bridgehead atoms. The van der Waals surface area contributed by atoms with E-state index in [1.165, 1.54) is 0 Å². The SMILES string of the molecule is Cc1cc(C=C(C#N)C(=O)Nc2ccc(Cl)cc2)c(C)n1-c1ccc(N(C)C)cc1. The highest BCUT2D eigenvalue weighted by Gasteiger charge is 2.14. The number of carbonyl (C=O) groups excluding carboxylic acids is 1. The molecule has 3 aromatic rings. The molecule has 6 heteroatoms. The molecule has 1 amide bonds. The lowest BCUT2D eigenvalue weighted by atomic mass is 10.1. The number of rotatable bonds is 5. The van der Waals surface area contributed by atoms with Gasteiger partial charge in [0.25, 0.3) is 5.91 Å². The van der Waals surface area contributed by atoms with Gasteiger partial charge in [0, 0.05) is 47.6 Å². The molecular weight excluding hydrogens is 396 g/mol. The van der Waals surface area contributed by atoms with Gasteiger partial charge in [-0.25, -0.2) is 0 Å². The minimum atomic E-state index is -0.458. The Bertz CT molecular complexity index is 1130. The second-order valence-corrected chi connectivity index (χ2v) is 7.64. The molecule has 0 aliphatic carbocycles. The molecule has 0 atom stereocenters. The number of benzene rings is 2. The predicted octanol–water partition coefficient (Wildman–Crippen LogP) is 5.36. The first-order valence-corrected chi connectivity index (χ1v) is 9.83. The minimum absolute atomic E-state index is 0.0353. The highest BCUT2D eigenvalue weighted by molar-refractivity contribution is 6.30. The molecule has 152 valence electrons. The van der Waals surface area contributed by atoms with Crippen molar-refractivity contribution in [1.82, 2.24) is 4.57 Å². The van der Waals surface area contributed by atoms with Gasteiger partial charge in [0.1, 0.15) is 11.6 Å². The van der Waals surface area contributed by atoms with Crippen LogP contribution in [0.4, 0.5) is 11.4 Å². The van der Waals surface area contributed by atoms with Crippen molar-refractivity contribution in [3.05, 3.63) is 82.1 Å². The van der Waals surface area contributed by atoms with Crippen LogP contribution in [0.3, 0.4) is 0 Å². The zero-order valence-corrected chi connectivity index (χ0v) is 18.2. The molecule has 1 aromatic heterocycles. The van der Waals surface area contributed by atoms with Crippen molar-refractivity contribution in [2.75, 3.05) is 24.3 Å². The molecule has 0 fully saturated rings. The van der Waals surface area contributed by atoms with Gasteiger partial charge in [0.2, 0.25) is 0 Å². The van der Waals surface area contributed by atoms with E-state index in [4.69, 9.17) is 11.6 Å². The number of nitriles is 1. The lowest BCUT2D eigenvalue weighted by Gasteiger charge is -2.14. The van der Waals surface area contributed by atoms with Crippen molar-refractivity contribution in [3.63, 3.8) is 0 Å². The van der Waals surface area contributed by atoms with Gasteiger partial charge in [-0.05, 0) is 80.1 Å². The number of halogens is 1. The Hall–Kier alpha value is -3.49. The summed E-state index contributed by atoms with van der Waals surface area (Å²) in [5, 5.41) is 12.8. The molecule has 0 aliphatic rings. The quantitative estimate of drug-likeness (QED) is 0.448. The third-order valence-corrected chi connectivity index (χ3v) is 5.11. The number of hydrogen-bond donors (Lipinski definition) is 1. The van der Waals surface area contributed by atoms with Gasteiger partial charge >= 0.3 is 0 Å². The molecule has 1 N–H and O–H groups in total. The Morgan fingerprint density at radius 1 is 1.10 bits per heavy atom. The summed E-state index contributed by atoms with van der Waals surface area (Å²) in [6.07, 6.45) is 1.62. The molecule has 30 heavy (non-hydrogen) atoms. The fraction of sp³-hybridized carbons (Fsp3) is 0.167. The normalized spacial score (nSPS) is 11.1. The maximum absolute atomic E-state index is 12.6. The first kappa shape index (κ1) is 21.2. The van der Waals surface area contributed by atoms with Crippen LogP contribution in [-0.4, -0.2) is 24.6 Å². The van der Waals surface area contributed by atoms with Gasteiger partial charge < -0.3 is 14.8 Å². The van der Waals surface area contributed by atoms with Crippen molar-refractivity contribution in [2.45, 2.75) is 13.8 Å². The molecule has 1 heterocycles. The lowest BCUT2D eigenvalue weighted by Crippen LogP contribution is -2.13. The van der Waals surface area contributed by atoms with Crippen LogP contribution in [0.15, 0.2) is 60.2 Å². The molecule has 3 rings (SSSR count). The first-order valence-electron chi connectivity index (χ1n) is 9.45. The van der Waals surface area contributed by atoms with Crippen LogP contribution >= 0.6 is 11.6 Å². The largest absolute Gasteiger partial charge is 0.378 e. The van der Waals surface area contributed by atoms with Crippen molar-refractivity contribution < 1.29 is 4.79 Å². The second kappa shape index (κ2) is 8.89. The Labute approximate surface area is 181 Å². The summed E-state index contributed by atoms with van der Waals surface area (Å²) in [5.41, 5.74) is 5.56. The number of nitrogens with one attached hydrogen (secondary N) is 1. The predicted molar refractivity (Wildman–Crippen MR) is 123 cm³/mol. The number of nitrogens with zero attached hydrogens (tertiary/aromatic N) is 3. The molecule has 0 saturated heterocycles. The van der Waals surface area contributed by atoms with E-state index in [0.29, 0.717) is 10.7 Å². The summed E-state index contributed by atoms with van der Waals surface area (Å²) >= 11 is 5.87. The van der Waals surface area contributed by atoms with Crippen LogP contribution in [0.2, 0.25) is 5.02 Å². The summed E-state index contributed by atoms with van der Waals surface area (Å²) in [6, 6.07) is 19.0. The number of aromatic nitrogens is 1. The van der Waals surface area contributed by atoms with Crippen molar-refractivity contribution in [2.24, 2.45) is 0 Å².